The highest BCUT2D eigenvalue weighted by Gasteiger charge is 2.13. The summed E-state index contributed by atoms with van der Waals surface area (Å²) in [5.41, 5.74) is 8.70. The number of hydrogen-bond donors (Lipinski definition) is 2. The minimum atomic E-state index is 0.125. The smallest absolute Gasteiger partial charge is 0.219 e. The molecule has 6 nitrogen and oxygen atoms in total. The summed E-state index contributed by atoms with van der Waals surface area (Å²) < 4.78 is 5.80. The Hall–Kier alpha value is -3.15. The number of hydrogen-bond acceptors (Lipinski definition) is 6. The zero-order chi connectivity index (χ0) is 18.6. The molecule has 3 rings (SSSR count). The lowest BCUT2D eigenvalue weighted by Gasteiger charge is -2.19. The first-order chi connectivity index (χ1) is 12.4. The number of rotatable bonds is 5. The van der Waals surface area contributed by atoms with Gasteiger partial charge in [-0.2, -0.15) is 0 Å². The van der Waals surface area contributed by atoms with Crippen LogP contribution in [0.5, 0.6) is 11.6 Å². The van der Waals surface area contributed by atoms with E-state index in [2.05, 4.69) is 53.2 Å². The van der Waals surface area contributed by atoms with Crippen LogP contribution in [0.1, 0.15) is 31.9 Å². The molecule has 3 aromatic rings. The standard InChI is InChI=1S/C20H23N5O/c1-20(2,3)15-4-7-17(8-5-15)26-18-9-6-16(13-23-18)22-10-14-11-24-19(21)25-12-14/h4-9,11-13,22H,10H2,1-3H3,(H2,21,24,25). The first-order valence-corrected chi connectivity index (χ1v) is 8.45. The molecule has 2 aromatic heterocycles. The molecule has 26 heavy (non-hydrogen) atoms. The van der Waals surface area contributed by atoms with Gasteiger partial charge < -0.3 is 15.8 Å². The van der Waals surface area contributed by atoms with Crippen LogP contribution in [0, 0.1) is 0 Å². The lowest BCUT2D eigenvalue weighted by Crippen LogP contribution is -2.10. The molecule has 3 N–H and O–H groups in total. The lowest BCUT2D eigenvalue weighted by atomic mass is 9.87. The van der Waals surface area contributed by atoms with Gasteiger partial charge in [-0.25, -0.2) is 15.0 Å². The van der Waals surface area contributed by atoms with Crippen molar-refractivity contribution >= 4 is 11.6 Å². The maximum Gasteiger partial charge on any atom is 0.219 e. The third-order valence-electron chi connectivity index (χ3n) is 3.90. The molecule has 0 saturated carbocycles. The molecule has 2 heterocycles. The van der Waals surface area contributed by atoms with Gasteiger partial charge in [0.25, 0.3) is 0 Å². The Labute approximate surface area is 153 Å². The number of nitrogens with one attached hydrogen (secondary N) is 1. The molecule has 0 bridgehead atoms. The van der Waals surface area contributed by atoms with Crippen molar-refractivity contribution in [1.82, 2.24) is 15.0 Å². The highest BCUT2D eigenvalue weighted by Crippen LogP contribution is 2.26. The van der Waals surface area contributed by atoms with Gasteiger partial charge in [0.05, 0.1) is 11.9 Å². The van der Waals surface area contributed by atoms with E-state index in [0.29, 0.717) is 12.4 Å². The topological polar surface area (TPSA) is 86.0 Å². The molecule has 0 aliphatic carbocycles. The summed E-state index contributed by atoms with van der Waals surface area (Å²) in [6.45, 7) is 7.16. The van der Waals surface area contributed by atoms with Gasteiger partial charge in [0.15, 0.2) is 0 Å². The van der Waals surface area contributed by atoms with Crippen molar-refractivity contribution in [2.45, 2.75) is 32.7 Å². The molecule has 0 atom stereocenters. The van der Waals surface area contributed by atoms with E-state index in [1.807, 2.05) is 24.3 Å². The fourth-order valence-corrected chi connectivity index (χ4v) is 2.35. The molecule has 0 saturated heterocycles. The fraction of sp³-hybridized carbons (Fsp3) is 0.250. The van der Waals surface area contributed by atoms with Crippen LogP contribution in [0.25, 0.3) is 0 Å². The molecule has 0 spiro atoms. The van der Waals surface area contributed by atoms with Crippen molar-refractivity contribution in [3.05, 3.63) is 66.1 Å². The molecule has 0 radical (unpaired) electrons. The van der Waals surface area contributed by atoms with Crippen molar-refractivity contribution in [3.63, 3.8) is 0 Å². The van der Waals surface area contributed by atoms with E-state index in [0.717, 1.165) is 17.0 Å². The average Bonchev–Trinajstić information content (AvgIpc) is 2.62. The average molecular weight is 349 g/mol. The number of pyridine rings is 1. The molecule has 134 valence electrons. The van der Waals surface area contributed by atoms with Crippen LogP contribution >= 0.6 is 0 Å². The highest BCUT2D eigenvalue weighted by atomic mass is 16.5. The molecule has 0 aliphatic rings. The number of nitrogens with zero attached hydrogens (tertiary/aromatic N) is 3. The maximum absolute atomic E-state index is 5.80. The van der Waals surface area contributed by atoms with Crippen LogP contribution in [0.3, 0.4) is 0 Å². The molecule has 0 aliphatic heterocycles. The van der Waals surface area contributed by atoms with E-state index < -0.39 is 0 Å². The molecular formula is C20H23N5O. The van der Waals surface area contributed by atoms with Gasteiger partial charge in [0.1, 0.15) is 5.75 Å². The van der Waals surface area contributed by atoms with Gasteiger partial charge in [-0.1, -0.05) is 32.9 Å². The van der Waals surface area contributed by atoms with E-state index in [1.165, 1.54) is 5.56 Å². The maximum atomic E-state index is 5.80. The molecule has 0 fully saturated rings. The molecular weight excluding hydrogens is 326 g/mol. The van der Waals surface area contributed by atoms with Crippen LogP contribution in [0.4, 0.5) is 11.6 Å². The van der Waals surface area contributed by atoms with Crippen molar-refractivity contribution < 1.29 is 4.74 Å². The molecule has 0 amide bonds. The van der Waals surface area contributed by atoms with Gasteiger partial charge in [0, 0.05) is 30.6 Å². The van der Waals surface area contributed by atoms with E-state index in [1.54, 1.807) is 18.6 Å². The van der Waals surface area contributed by atoms with E-state index >= 15 is 0 Å². The second kappa shape index (κ2) is 7.39. The minimum Gasteiger partial charge on any atom is -0.439 e. The Morgan fingerprint density at radius 3 is 2.19 bits per heavy atom. The summed E-state index contributed by atoms with van der Waals surface area (Å²) in [5.74, 6) is 1.59. The Morgan fingerprint density at radius 2 is 1.62 bits per heavy atom. The van der Waals surface area contributed by atoms with Crippen molar-refractivity contribution in [2.75, 3.05) is 11.1 Å². The van der Waals surface area contributed by atoms with Crippen LogP contribution in [-0.4, -0.2) is 15.0 Å². The summed E-state index contributed by atoms with van der Waals surface area (Å²) in [6.07, 6.45) is 5.12. The normalized spacial score (nSPS) is 11.2. The second-order valence-electron chi connectivity index (χ2n) is 7.06. The van der Waals surface area contributed by atoms with Crippen molar-refractivity contribution in [1.29, 1.82) is 0 Å². The minimum absolute atomic E-state index is 0.125. The Balaban J connectivity index is 1.58. The number of ether oxygens (including phenoxy) is 1. The highest BCUT2D eigenvalue weighted by molar-refractivity contribution is 5.43. The molecule has 1 aromatic carbocycles. The van der Waals surface area contributed by atoms with Crippen molar-refractivity contribution in [2.24, 2.45) is 0 Å². The SMILES string of the molecule is CC(C)(C)c1ccc(Oc2ccc(NCc3cnc(N)nc3)cn2)cc1. The number of nitrogen functional groups attached to an aromatic ring is 1. The van der Waals surface area contributed by atoms with Crippen LogP contribution in [0.15, 0.2) is 55.0 Å². The molecule has 6 heteroatoms. The van der Waals surface area contributed by atoms with Crippen molar-refractivity contribution in [3.8, 4) is 11.6 Å². The third-order valence-corrected chi connectivity index (χ3v) is 3.90. The van der Waals surface area contributed by atoms with E-state index in [9.17, 15) is 0 Å². The quantitative estimate of drug-likeness (QED) is 0.719. The first-order valence-electron chi connectivity index (χ1n) is 8.45. The Bertz CT molecular complexity index is 837. The number of anilines is 2. The zero-order valence-electron chi connectivity index (χ0n) is 15.2. The summed E-state index contributed by atoms with van der Waals surface area (Å²) in [4.78, 5) is 12.3. The van der Waals surface area contributed by atoms with E-state index in [4.69, 9.17) is 10.5 Å². The van der Waals surface area contributed by atoms with Gasteiger partial charge >= 0.3 is 0 Å². The summed E-state index contributed by atoms with van der Waals surface area (Å²) in [5, 5.41) is 3.26. The summed E-state index contributed by atoms with van der Waals surface area (Å²) in [6, 6.07) is 11.9. The first kappa shape index (κ1) is 17.7. The summed E-state index contributed by atoms with van der Waals surface area (Å²) >= 11 is 0. The van der Waals surface area contributed by atoms with Crippen LogP contribution in [0.2, 0.25) is 0 Å². The van der Waals surface area contributed by atoms with Crippen LogP contribution in [-0.2, 0) is 12.0 Å². The Morgan fingerprint density at radius 1 is 0.923 bits per heavy atom. The predicted octanol–water partition coefficient (Wildman–Crippen LogP) is 4.16. The monoisotopic (exact) mass is 349 g/mol. The second-order valence-corrected chi connectivity index (χ2v) is 7.06. The summed E-state index contributed by atoms with van der Waals surface area (Å²) in [7, 11) is 0. The lowest BCUT2D eigenvalue weighted by molar-refractivity contribution is 0.462. The number of nitrogens with two attached hydrogens (primary N) is 1. The van der Waals surface area contributed by atoms with Gasteiger partial charge in [-0.3, -0.25) is 0 Å². The zero-order valence-corrected chi connectivity index (χ0v) is 15.2. The Kier molecular flexibility index (Phi) is 5.02. The molecule has 0 unspecified atom stereocenters. The van der Waals surface area contributed by atoms with E-state index in [-0.39, 0.29) is 11.4 Å². The predicted molar refractivity (Wildman–Crippen MR) is 103 cm³/mol. The fourth-order valence-electron chi connectivity index (χ4n) is 2.35. The largest absolute Gasteiger partial charge is 0.439 e. The van der Waals surface area contributed by atoms with Gasteiger partial charge in [-0.15, -0.1) is 0 Å². The number of benzene rings is 1. The van der Waals surface area contributed by atoms with Gasteiger partial charge in [-0.05, 0) is 29.2 Å². The third kappa shape index (κ3) is 4.69. The van der Waals surface area contributed by atoms with Crippen LogP contribution < -0.4 is 15.8 Å². The van der Waals surface area contributed by atoms with Gasteiger partial charge in [0.2, 0.25) is 11.8 Å². The number of aromatic nitrogens is 3.